The Balaban J connectivity index is 2.37. The summed E-state index contributed by atoms with van der Waals surface area (Å²) in [7, 11) is 1.56. The molecule has 112 valence electrons. The second-order valence-corrected chi connectivity index (χ2v) is 4.12. The Labute approximate surface area is 121 Å². The highest BCUT2D eigenvalue weighted by molar-refractivity contribution is 5.89. The molecule has 0 radical (unpaired) electrons. The van der Waals surface area contributed by atoms with Gasteiger partial charge in [0.1, 0.15) is 12.5 Å². The molecule has 8 nitrogen and oxygen atoms in total. The fraction of sp³-hybridized carbons (Fsp3) is 0.308. The molecule has 0 atom stereocenters. The van der Waals surface area contributed by atoms with E-state index in [1.807, 2.05) is 0 Å². The summed E-state index contributed by atoms with van der Waals surface area (Å²) in [6.45, 7) is 0.0998. The van der Waals surface area contributed by atoms with E-state index in [2.05, 4.69) is 10.1 Å². The summed E-state index contributed by atoms with van der Waals surface area (Å²) >= 11 is 0. The first-order valence-electron chi connectivity index (χ1n) is 6.23. The third-order valence-electron chi connectivity index (χ3n) is 2.67. The lowest BCUT2D eigenvalue weighted by atomic mass is 10.2. The van der Waals surface area contributed by atoms with E-state index >= 15 is 0 Å². The van der Waals surface area contributed by atoms with Crippen molar-refractivity contribution in [2.45, 2.75) is 6.73 Å². The second kappa shape index (κ2) is 6.82. The minimum Gasteiger partial charge on any atom is -0.497 e. The minimum atomic E-state index is -0.722. The standard InChI is InChI=1S/C13H16N4O4/c1-20-10-4-2-3-9(7-10)13-15-12(11(14)19)16-17(13)8-21-6-5-18/h2-4,7,18H,5-6,8H2,1H3,(H2,14,19). The molecule has 2 rings (SSSR count). The van der Waals surface area contributed by atoms with Gasteiger partial charge in [0.05, 0.1) is 20.3 Å². The molecular weight excluding hydrogens is 276 g/mol. The van der Waals surface area contributed by atoms with Gasteiger partial charge in [0.15, 0.2) is 5.82 Å². The molecule has 0 aliphatic carbocycles. The lowest BCUT2D eigenvalue weighted by Gasteiger charge is -2.07. The number of nitrogens with two attached hydrogens (primary N) is 1. The molecule has 0 saturated heterocycles. The van der Waals surface area contributed by atoms with Crippen molar-refractivity contribution in [2.75, 3.05) is 20.3 Å². The molecule has 8 heteroatoms. The van der Waals surface area contributed by atoms with Crippen molar-refractivity contribution in [1.82, 2.24) is 14.8 Å². The van der Waals surface area contributed by atoms with Crippen LogP contribution in [0.4, 0.5) is 0 Å². The monoisotopic (exact) mass is 292 g/mol. The quantitative estimate of drug-likeness (QED) is 0.696. The van der Waals surface area contributed by atoms with E-state index in [1.165, 1.54) is 4.68 Å². The van der Waals surface area contributed by atoms with Crippen LogP contribution in [-0.2, 0) is 11.5 Å². The van der Waals surface area contributed by atoms with Gasteiger partial charge in [-0.3, -0.25) is 4.79 Å². The Kier molecular flexibility index (Phi) is 4.85. The van der Waals surface area contributed by atoms with Crippen molar-refractivity contribution >= 4 is 5.91 Å². The number of aromatic nitrogens is 3. The SMILES string of the molecule is COc1cccc(-c2nc(C(N)=O)nn2COCCO)c1. The first-order chi connectivity index (χ1) is 10.2. The number of ether oxygens (including phenoxy) is 2. The van der Waals surface area contributed by atoms with Crippen LogP contribution in [0.1, 0.15) is 10.6 Å². The summed E-state index contributed by atoms with van der Waals surface area (Å²) in [6.07, 6.45) is 0. The van der Waals surface area contributed by atoms with Crippen molar-refractivity contribution in [3.05, 3.63) is 30.1 Å². The van der Waals surface area contributed by atoms with E-state index in [9.17, 15) is 4.79 Å². The summed E-state index contributed by atoms with van der Waals surface area (Å²) in [5.41, 5.74) is 5.91. The molecule has 1 amide bonds. The number of carbonyl (C=O) groups excluding carboxylic acids is 1. The molecule has 0 aliphatic rings. The van der Waals surface area contributed by atoms with Crippen molar-refractivity contribution in [1.29, 1.82) is 0 Å². The Bertz CT molecular complexity index is 626. The maximum absolute atomic E-state index is 11.2. The number of benzene rings is 1. The molecule has 0 fully saturated rings. The van der Waals surface area contributed by atoms with E-state index in [0.717, 1.165) is 0 Å². The Hall–Kier alpha value is -2.45. The molecule has 0 unspecified atom stereocenters. The van der Waals surface area contributed by atoms with Crippen LogP contribution in [0.5, 0.6) is 5.75 Å². The van der Waals surface area contributed by atoms with Crippen LogP contribution in [-0.4, -0.2) is 46.1 Å². The number of aliphatic hydroxyl groups is 1. The number of rotatable bonds is 7. The topological polar surface area (TPSA) is 112 Å². The second-order valence-electron chi connectivity index (χ2n) is 4.12. The van der Waals surface area contributed by atoms with E-state index < -0.39 is 5.91 Å². The zero-order valence-corrected chi connectivity index (χ0v) is 11.5. The first-order valence-corrected chi connectivity index (χ1v) is 6.23. The van der Waals surface area contributed by atoms with Gasteiger partial charge >= 0.3 is 0 Å². The third-order valence-corrected chi connectivity index (χ3v) is 2.67. The number of aliphatic hydroxyl groups excluding tert-OH is 1. The van der Waals surface area contributed by atoms with Crippen LogP contribution in [0.2, 0.25) is 0 Å². The summed E-state index contributed by atoms with van der Waals surface area (Å²) in [4.78, 5) is 15.3. The third kappa shape index (κ3) is 3.56. The van der Waals surface area contributed by atoms with E-state index in [-0.39, 0.29) is 25.8 Å². The van der Waals surface area contributed by atoms with Crippen molar-refractivity contribution in [2.24, 2.45) is 5.73 Å². The van der Waals surface area contributed by atoms with Gasteiger partial charge in [-0.05, 0) is 12.1 Å². The first kappa shape index (κ1) is 14.9. The van der Waals surface area contributed by atoms with Gasteiger partial charge in [-0.2, -0.15) is 0 Å². The Morgan fingerprint density at radius 3 is 2.95 bits per heavy atom. The van der Waals surface area contributed by atoms with E-state index in [0.29, 0.717) is 17.1 Å². The minimum absolute atomic E-state index is 0.0490. The molecule has 1 aromatic heterocycles. The van der Waals surface area contributed by atoms with Gasteiger partial charge < -0.3 is 20.3 Å². The molecule has 0 saturated carbocycles. The number of methoxy groups -OCH3 is 1. The van der Waals surface area contributed by atoms with Gasteiger partial charge in [0.2, 0.25) is 5.82 Å². The lowest BCUT2D eigenvalue weighted by molar-refractivity contribution is 0.0425. The number of hydrogen-bond donors (Lipinski definition) is 2. The maximum Gasteiger partial charge on any atom is 0.288 e. The van der Waals surface area contributed by atoms with Crippen molar-refractivity contribution < 1.29 is 19.4 Å². The van der Waals surface area contributed by atoms with Crippen LogP contribution in [0, 0.1) is 0 Å². The summed E-state index contributed by atoms with van der Waals surface area (Å²) in [5, 5.41) is 12.7. The molecule has 0 bridgehead atoms. The smallest absolute Gasteiger partial charge is 0.288 e. The number of amides is 1. The average molecular weight is 292 g/mol. The molecule has 1 aromatic carbocycles. The fourth-order valence-corrected chi connectivity index (χ4v) is 1.73. The van der Waals surface area contributed by atoms with Gasteiger partial charge in [0.25, 0.3) is 5.91 Å². The van der Waals surface area contributed by atoms with Gasteiger partial charge in [-0.15, -0.1) is 5.10 Å². The Morgan fingerprint density at radius 2 is 2.29 bits per heavy atom. The van der Waals surface area contributed by atoms with Crippen molar-refractivity contribution in [3.63, 3.8) is 0 Å². The highest BCUT2D eigenvalue weighted by Gasteiger charge is 2.16. The van der Waals surface area contributed by atoms with Gasteiger partial charge in [0, 0.05) is 5.56 Å². The number of nitrogens with zero attached hydrogens (tertiary/aromatic N) is 3. The van der Waals surface area contributed by atoms with Crippen LogP contribution in [0.3, 0.4) is 0 Å². The van der Waals surface area contributed by atoms with E-state index in [1.54, 1.807) is 31.4 Å². The highest BCUT2D eigenvalue weighted by atomic mass is 16.5. The van der Waals surface area contributed by atoms with E-state index in [4.69, 9.17) is 20.3 Å². The Morgan fingerprint density at radius 1 is 1.48 bits per heavy atom. The largest absolute Gasteiger partial charge is 0.497 e. The normalized spacial score (nSPS) is 10.6. The predicted octanol–water partition coefficient (Wildman–Crippen LogP) is 0.0190. The molecular formula is C13H16N4O4. The molecule has 0 spiro atoms. The zero-order valence-electron chi connectivity index (χ0n) is 11.5. The lowest BCUT2D eigenvalue weighted by Crippen LogP contribution is -2.14. The van der Waals surface area contributed by atoms with Gasteiger partial charge in [-0.1, -0.05) is 12.1 Å². The number of hydrogen-bond acceptors (Lipinski definition) is 6. The highest BCUT2D eigenvalue weighted by Crippen LogP contribution is 2.22. The van der Waals surface area contributed by atoms with Gasteiger partial charge in [-0.25, -0.2) is 9.67 Å². The molecule has 2 aromatic rings. The number of primary amides is 1. The molecule has 3 N–H and O–H groups in total. The van der Waals surface area contributed by atoms with Crippen LogP contribution < -0.4 is 10.5 Å². The number of carbonyl (C=O) groups is 1. The van der Waals surface area contributed by atoms with Crippen LogP contribution in [0.15, 0.2) is 24.3 Å². The zero-order chi connectivity index (χ0) is 15.2. The summed E-state index contributed by atoms with van der Waals surface area (Å²) in [5.74, 6) is 0.264. The molecule has 1 heterocycles. The van der Waals surface area contributed by atoms with Crippen LogP contribution >= 0.6 is 0 Å². The average Bonchev–Trinajstić information content (AvgIpc) is 2.92. The fourth-order valence-electron chi connectivity index (χ4n) is 1.73. The maximum atomic E-state index is 11.2. The molecule has 0 aliphatic heterocycles. The van der Waals surface area contributed by atoms with Crippen molar-refractivity contribution in [3.8, 4) is 17.1 Å². The van der Waals surface area contributed by atoms with Crippen LogP contribution in [0.25, 0.3) is 11.4 Å². The summed E-state index contributed by atoms with van der Waals surface area (Å²) in [6, 6.07) is 7.16. The summed E-state index contributed by atoms with van der Waals surface area (Å²) < 4.78 is 11.8. The predicted molar refractivity (Wildman–Crippen MR) is 73.6 cm³/mol. The molecule has 21 heavy (non-hydrogen) atoms.